The number of nitrogens with one attached hydrogen (secondary N) is 2. The zero-order valence-electron chi connectivity index (χ0n) is 33.8. The highest BCUT2D eigenvalue weighted by molar-refractivity contribution is 6.61. The summed E-state index contributed by atoms with van der Waals surface area (Å²) in [4.78, 5) is 34.4. The molecule has 0 aromatic rings. The third-order valence-corrected chi connectivity index (χ3v) is 15.6. The van der Waals surface area contributed by atoms with E-state index in [9.17, 15) is 19.5 Å². The van der Waals surface area contributed by atoms with Crippen molar-refractivity contribution < 1.29 is 84.4 Å². The molecule has 0 saturated carbocycles. The number of amides is 3. The summed E-state index contributed by atoms with van der Waals surface area (Å²) in [5, 5.41) is 33.6. The molecule has 339 valence electrons. The molecule has 0 aliphatic carbocycles. The van der Waals surface area contributed by atoms with Crippen molar-refractivity contribution in [2.45, 2.75) is 101 Å². The Morgan fingerprint density at radius 1 is 0.741 bits per heavy atom. The Balaban J connectivity index is 1.80. The van der Waals surface area contributed by atoms with Gasteiger partial charge >= 0.3 is 35.9 Å². The van der Waals surface area contributed by atoms with E-state index in [0.717, 1.165) is 25.3 Å². The molecule has 2 heterocycles. The van der Waals surface area contributed by atoms with E-state index in [4.69, 9.17) is 70.6 Å². The lowest BCUT2D eigenvalue weighted by atomic mass is 10.2. The lowest BCUT2D eigenvalue weighted by molar-refractivity contribution is -0.168. The van der Waals surface area contributed by atoms with Crippen LogP contribution < -0.4 is 16.4 Å². The molecule has 7 N–H and O–H groups in total. The molecule has 58 heavy (non-hydrogen) atoms. The van der Waals surface area contributed by atoms with E-state index in [0.29, 0.717) is 96.7 Å². The third-order valence-electron chi connectivity index (χ3n) is 8.43. The minimum atomic E-state index is -2.96. The van der Waals surface area contributed by atoms with Crippen LogP contribution in [-0.2, 0) is 54.7 Å². The van der Waals surface area contributed by atoms with Crippen LogP contribution in [0.3, 0.4) is 0 Å². The van der Waals surface area contributed by atoms with E-state index >= 15 is 0 Å². The smallest absolute Gasteiger partial charge is 0.447 e. The number of hydrogen-bond acceptors (Lipinski definition) is 18. The van der Waals surface area contributed by atoms with Crippen molar-refractivity contribution in [1.82, 2.24) is 10.6 Å². The van der Waals surface area contributed by atoms with Gasteiger partial charge in [-0.25, -0.2) is 14.4 Å². The maximum absolute atomic E-state index is 11.7. The lowest BCUT2D eigenvalue weighted by Crippen LogP contribution is -2.50. The van der Waals surface area contributed by atoms with Gasteiger partial charge in [-0.05, 0) is 64.3 Å². The first-order valence-corrected chi connectivity index (χ1v) is 25.7. The van der Waals surface area contributed by atoms with Crippen LogP contribution in [0.2, 0.25) is 18.1 Å². The maximum Gasteiger partial charge on any atom is 0.501 e. The monoisotopic (exact) mass is 890 g/mol. The van der Waals surface area contributed by atoms with Crippen LogP contribution >= 0.6 is 0 Å². The van der Waals surface area contributed by atoms with Gasteiger partial charge in [-0.2, -0.15) is 0 Å². The molecule has 2 aliphatic heterocycles. The van der Waals surface area contributed by atoms with Crippen LogP contribution in [0, 0.1) is 6.92 Å². The number of hydrogen-bond donors (Lipinski definition) is 6. The normalized spacial score (nSPS) is 18.0. The second-order valence-electron chi connectivity index (χ2n) is 13.2. The van der Waals surface area contributed by atoms with Gasteiger partial charge in [0.1, 0.15) is 19.3 Å². The second-order valence-corrected chi connectivity index (χ2v) is 20.1. The number of rotatable bonds is 34. The SMILES string of the molecule is [CH2]CC(CCC[SiH2]OC(CC(O)OCCCO[Si]1(CCCNC(=O)OCCO)OCCCO1)OCCCO[Si]1(CCCNC(=O)OCCO)OCCCO1)OC(N)=O. The number of aliphatic hydroxyl groups is 3. The van der Waals surface area contributed by atoms with E-state index in [1.54, 1.807) is 0 Å². The van der Waals surface area contributed by atoms with Gasteiger partial charge in [0.15, 0.2) is 22.3 Å². The molecule has 2 saturated heterocycles. The van der Waals surface area contributed by atoms with Gasteiger partial charge in [0, 0.05) is 71.2 Å². The quantitative estimate of drug-likeness (QED) is 0.0226. The number of ether oxygens (including phenoxy) is 5. The van der Waals surface area contributed by atoms with E-state index in [-0.39, 0.29) is 58.8 Å². The molecule has 2 aliphatic rings. The van der Waals surface area contributed by atoms with Gasteiger partial charge in [-0.3, -0.25) is 0 Å². The fourth-order valence-electron chi connectivity index (χ4n) is 5.62. The average molecular weight is 891 g/mol. The maximum atomic E-state index is 11.7. The highest BCUT2D eigenvalue weighted by atomic mass is 28.4. The van der Waals surface area contributed by atoms with Crippen LogP contribution in [-0.4, -0.2) is 172 Å². The highest BCUT2D eigenvalue weighted by Gasteiger charge is 2.43. The first-order valence-electron chi connectivity index (χ1n) is 20.3. The van der Waals surface area contributed by atoms with Crippen molar-refractivity contribution in [3.05, 3.63) is 6.92 Å². The van der Waals surface area contributed by atoms with Crippen molar-refractivity contribution >= 4 is 45.7 Å². The summed E-state index contributed by atoms with van der Waals surface area (Å²) in [6, 6.07) is 1.78. The van der Waals surface area contributed by atoms with Gasteiger partial charge in [-0.1, -0.05) is 6.42 Å². The molecule has 21 nitrogen and oxygen atoms in total. The zero-order valence-corrected chi connectivity index (χ0v) is 37.2. The van der Waals surface area contributed by atoms with Crippen molar-refractivity contribution in [2.24, 2.45) is 5.73 Å². The molecule has 24 heteroatoms. The zero-order chi connectivity index (χ0) is 42.2. The molecule has 2 rings (SSSR count). The standard InChI is InChI=1S/C34H68N3O18Si3/c1-2-29(54-32(35)41)10-3-25-56-55-31(45-16-7-18-49-58(52-21-9-22-53-58)27-5-12-37-34(43)47-24-14-39)28-30(40)44-15-6-17-48-57(50-19-8-20-51-57)26-4-11-36-33(42)46-23-13-38/h29-31,38-40H,1-28,56H2,(H2,35,41)(H,36,42)(H,37,43). The van der Waals surface area contributed by atoms with Gasteiger partial charge < -0.3 is 86.4 Å². The Labute approximate surface area is 346 Å². The summed E-state index contributed by atoms with van der Waals surface area (Å²) in [5.41, 5.74) is 5.15. The number of carbonyl (C=O) groups is 3. The number of nitrogens with two attached hydrogens (primary N) is 1. The Morgan fingerprint density at radius 3 is 1.74 bits per heavy atom. The Hall–Kier alpha value is -2.02. The highest BCUT2D eigenvalue weighted by Crippen LogP contribution is 2.24. The summed E-state index contributed by atoms with van der Waals surface area (Å²) in [6.07, 6.45) is 1.13. The summed E-state index contributed by atoms with van der Waals surface area (Å²) in [5.74, 6) is 0. The summed E-state index contributed by atoms with van der Waals surface area (Å²) >= 11 is 0. The first kappa shape index (κ1) is 52.1. The molecular formula is C34H68N3O18Si3. The summed E-state index contributed by atoms with van der Waals surface area (Å²) < 4.78 is 68.8. The second kappa shape index (κ2) is 32.7. The number of alkyl carbamates (subject to hydrolysis) is 2. The van der Waals surface area contributed by atoms with Crippen molar-refractivity contribution in [1.29, 1.82) is 0 Å². The van der Waals surface area contributed by atoms with E-state index in [2.05, 4.69) is 17.6 Å². The first-order chi connectivity index (χ1) is 28.1. The van der Waals surface area contributed by atoms with Crippen LogP contribution in [0.25, 0.3) is 0 Å². The molecule has 0 bridgehead atoms. The van der Waals surface area contributed by atoms with Crippen LogP contribution in [0.1, 0.15) is 64.2 Å². The number of carbonyl (C=O) groups excluding carboxylic acids is 3. The fourth-order valence-corrected chi connectivity index (χ4v) is 12.1. The number of aliphatic hydroxyl groups excluding tert-OH is 3. The molecule has 0 aromatic heterocycles. The van der Waals surface area contributed by atoms with Gasteiger partial charge in [-0.15, -0.1) is 0 Å². The largest absolute Gasteiger partial charge is 0.501 e. The topological polar surface area (TPSA) is 273 Å². The average Bonchev–Trinajstić information content (AvgIpc) is 3.22. The van der Waals surface area contributed by atoms with Crippen LogP contribution in [0.15, 0.2) is 0 Å². The molecule has 3 atom stereocenters. The van der Waals surface area contributed by atoms with Crippen molar-refractivity contribution in [3.8, 4) is 0 Å². The molecule has 3 unspecified atom stereocenters. The van der Waals surface area contributed by atoms with Crippen molar-refractivity contribution in [2.75, 3.05) is 92.4 Å². The van der Waals surface area contributed by atoms with Crippen molar-refractivity contribution in [3.63, 3.8) is 0 Å². The van der Waals surface area contributed by atoms with E-state index in [1.165, 1.54) is 0 Å². The minimum absolute atomic E-state index is 0.0678. The molecule has 1 radical (unpaired) electrons. The molecule has 3 amide bonds. The molecular weight excluding hydrogens is 823 g/mol. The molecule has 0 spiro atoms. The lowest BCUT2D eigenvalue weighted by Gasteiger charge is -2.33. The van der Waals surface area contributed by atoms with Gasteiger partial charge in [0.05, 0.1) is 26.4 Å². The number of primary amides is 1. The predicted octanol–water partition coefficient (Wildman–Crippen LogP) is 0.823. The van der Waals surface area contributed by atoms with Crippen LogP contribution in [0.4, 0.5) is 14.4 Å². The van der Waals surface area contributed by atoms with E-state index < -0.39 is 58.2 Å². The Kier molecular flexibility index (Phi) is 29.4. The fraction of sp³-hybridized carbons (Fsp3) is 0.882. The predicted molar refractivity (Wildman–Crippen MR) is 212 cm³/mol. The van der Waals surface area contributed by atoms with Gasteiger partial charge in [0.25, 0.3) is 0 Å². The van der Waals surface area contributed by atoms with Crippen LogP contribution in [0.5, 0.6) is 0 Å². The molecule has 2 fully saturated rings. The molecule has 0 aromatic carbocycles. The minimum Gasteiger partial charge on any atom is -0.447 e. The van der Waals surface area contributed by atoms with Gasteiger partial charge in [0.2, 0.25) is 0 Å². The summed E-state index contributed by atoms with van der Waals surface area (Å²) in [6.45, 7) is 6.99. The third kappa shape index (κ3) is 24.9. The summed E-state index contributed by atoms with van der Waals surface area (Å²) in [7, 11) is -7.00. The Morgan fingerprint density at radius 2 is 1.26 bits per heavy atom. The Bertz CT molecular complexity index is 1080. The van der Waals surface area contributed by atoms with E-state index in [1.807, 2.05) is 0 Å².